The highest BCUT2D eigenvalue weighted by Gasteiger charge is 2.27. The van der Waals surface area contributed by atoms with E-state index in [2.05, 4.69) is 24.1 Å². The van der Waals surface area contributed by atoms with Crippen molar-refractivity contribution in [1.29, 1.82) is 0 Å². The fourth-order valence-electron chi connectivity index (χ4n) is 3.16. The normalized spacial score (nSPS) is 31.2. The van der Waals surface area contributed by atoms with Crippen LogP contribution in [0.2, 0.25) is 0 Å². The first-order chi connectivity index (χ1) is 8.29. The Bertz CT molecular complexity index is 216. The van der Waals surface area contributed by atoms with E-state index in [0.29, 0.717) is 12.2 Å². The van der Waals surface area contributed by atoms with Gasteiger partial charge in [0.25, 0.3) is 0 Å². The van der Waals surface area contributed by atoms with Gasteiger partial charge >= 0.3 is 0 Å². The molecule has 2 saturated heterocycles. The van der Waals surface area contributed by atoms with Crippen LogP contribution in [0.15, 0.2) is 0 Å². The molecule has 0 aromatic rings. The highest BCUT2D eigenvalue weighted by molar-refractivity contribution is 4.81. The zero-order valence-electron chi connectivity index (χ0n) is 11.5. The second-order valence-corrected chi connectivity index (χ2v) is 5.62. The van der Waals surface area contributed by atoms with Crippen molar-refractivity contribution in [3.05, 3.63) is 0 Å². The van der Waals surface area contributed by atoms with Gasteiger partial charge in [-0.3, -0.25) is 4.90 Å². The average molecular weight is 240 g/mol. The molecule has 17 heavy (non-hydrogen) atoms. The van der Waals surface area contributed by atoms with E-state index in [-0.39, 0.29) is 0 Å². The van der Waals surface area contributed by atoms with Gasteiger partial charge in [-0.25, -0.2) is 0 Å². The van der Waals surface area contributed by atoms with Crippen LogP contribution in [-0.4, -0.2) is 49.3 Å². The monoisotopic (exact) mass is 240 g/mol. The van der Waals surface area contributed by atoms with Crippen molar-refractivity contribution in [1.82, 2.24) is 10.2 Å². The molecule has 0 radical (unpaired) electrons. The average Bonchev–Trinajstić information content (AvgIpc) is 2.75. The summed E-state index contributed by atoms with van der Waals surface area (Å²) >= 11 is 0. The van der Waals surface area contributed by atoms with Gasteiger partial charge in [0.1, 0.15) is 0 Å². The van der Waals surface area contributed by atoms with Crippen LogP contribution in [0.4, 0.5) is 0 Å². The van der Waals surface area contributed by atoms with E-state index >= 15 is 0 Å². The molecule has 2 aliphatic rings. The molecule has 0 spiro atoms. The Morgan fingerprint density at radius 2 is 1.94 bits per heavy atom. The summed E-state index contributed by atoms with van der Waals surface area (Å²) in [6.07, 6.45) is 7.35. The first-order valence-corrected chi connectivity index (χ1v) is 7.39. The Morgan fingerprint density at radius 1 is 1.18 bits per heavy atom. The van der Waals surface area contributed by atoms with Crippen LogP contribution in [0.5, 0.6) is 0 Å². The lowest BCUT2D eigenvalue weighted by Gasteiger charge is -2.35. The molecule has 2 aliphatic heterocycles. The van der Waals surface area contributed by atoms with Crippen molar-refractivity contribution in [3.63, 3.8) is 0 Å². The summed E-state index contributed by atoms with van der Waals surface area (Å²) in [5.41, 5.74) is 0. The molecule has 2 atom stereocenters. The summed E-state index contributed by atoms with van der Waals surface area (Å²) in [6.45, 7) is 9.25. The maximum atomic E-state index is 5.97. The minimum atomic E-state index is 0.483. The molecular formula is C14H28N2O. The quantitative estimate of drug-likeness (QED) is 0.795. The SMILES string of the molecule is CCCN(CC1CCC(C)O1)C1CCNCC1. The third-order valence-corrected chi connectivity index (χ3v) is 4.09. The number of rotatable bonds is 5. The molecule has 0 bridgehead atoms. The molecule has 0 amide bonds. The topological polar surface area (TPSA) is 24.5 Å². The molecule has 3 nitrogen and oxygen atoms in total. The van der Waals surface area contributed by atoms with Crippen LogP contribution in [0.3, 0.4) is 0 Å². The van der Waals surface area contributed by atoms with Gasteiger partial charge < -0.3 is 10.1 Å². The predicted octanol–water partition coefficient (Wildman–Crippen LogP) is 2.02. The Morgan fingerprint density at radius 3 is 2.53 bits per heavy atom. The van der Waals surface area contributed by atoms with Crippen molar-refractivity contribution in [2.24, 2.45) is 0 Å². The molecule has 2 rings (SSSR count). The number of hydrogen-bond acceptors (Lipinski definition) is 3. The van der Waals surface area contributed by atoms with E-state index < -0.39 is 0 Å². The van der Waals surface area contributed by atoms with Gasteiger partial charge in [-0.1, -0.05) is 6.92 Å². The van der Waals surface area contributed by atoms with E-state index in [9.17, 15) is 0 Å². The summed E-state index contributed by atoms with van der Waals surface area (Å²) in [4.78, 5) is 2.68. The second kappa shape index (κ2) is 6.72. The highest BCUT2D eigenvalue weighted by atomic mass is 16.5. The van der Waals surface area contributed by atoms with Crippen molar-refractivity contribution in [2.75, 3.05) is 26.2 Å². The van der Waals surface area contributed by atoms with Gasteiger partial charge in [0, 0.05) is 12.6 Å². The fourth-order valence-corrected chi connectivity index (χ4v) is 3.16. The zero-order chi connectivity index (χ0) is 12.1. The van der Waals surface area contributed by atoms with E-state index in [0.717, 1.165) is 12.6 Å². The van der Waals surface area contributed by atoms with E-state index in [1.165, 1.54) is 51.7 Å². The molecule has 0 aliphatic carbocycles. The molecule has 0 aromatic heterocycles. The van der Waals surface area contributed by atoms with E-state index in [1.54, 1.807) is 0 Å². The van der Waals surface area contributed by atoms with Crippen molar-refractivity contribution < 1.29 is 4.74 Å². The molecule has 2 heterocycles. The lowest BCUT2D eigenvalue weighted by molar-refractivity contribution is 0.0174. The van der Waals surface area contributed by atoms with Gasteiger partial charge in [0.15, 0.2) is 0 Å². The molecule has 2 unspecified atom stereocenters. The van der Waals surface area contributed by atoms with Crippen LogP contribution in [0.1, 0.15) is 46.0 Å². The predicted molar refractivity (Wildman–Crippen MR) is 71.3 cm³/mol. The van der Waals surface area contributed by atoms with Crippen LogP contribution < -0.4 is 5.32 Å². The standard InChI is InChI=1S/C14H28N2O/c1-3-10-16(13-6-8-15-9-7-13)11-14-5-4-12(2)17-14/h12-15H,3-11H2,1-2H3. The van der Waals surface area contributed by atoms with Gasteiger partial charge in [-0.05, 0) is 58.7 Å². The van der Waals surface area contributed by atoms with E-state index in [1.807, 2.05) is 0 Å². The Hall–Kier alpha value is -0.120. The smallest absolute Gasteiger partial charge is 0.0706 e. The lowest BCUT2D eigenvalue weighted by atomic mass is 10.0. The second-order valence-electron chi connectivity index (χ2n) is 5.62. The van der Waals surface area contributed by atoms with Gasteiger partial charge in [0.05, 0.1) is 12.2 Å². The first kappa shape index (κ1) is 13.3. The van der Waals surface area contributed by atoms with Crippen LogP contribution in [-0.2, 0) is 4.74 Å². The Balaban J connectivity index is 1.82. The number of hydrogen-bond donors (Lipinski definition) is 1. The van der Waals surface area contributed by atoms with Gasteiger partial charge in [0.2, 0.25) is 0 Å². The van der Waals surface area contributed by atoms with E-state index in [4.69, 9.17) is 4.74 Å². The van der Waals surface area contributed by atoms with Crippen molar-refractivity contribution >= 4 is 0 Å². The Labute approximate surface area is 106 Å². The summed E-state index contributed by atoms with van der Waals surface area (Å²) in [7, 11) is 0. The maximum Gasteiger partial charge on any atom is 0.0706 e. The molecule has 1 N–H and O–H groups in total. The zero-order valence-corrected chi connectivity index (χ0v) is 11.5. The largest absolute Gasteiger partial charge is 0.374 e. The first-order valence-electron chi connectivity index (χ1n) is 7.39. The van der Waals surface area contributed by atoms with Crippen LogP contribution in [0, 0.1) is 0 Å². The molecule has 2 fully saturated rings. The summed E-state index contributed by atoms with van der Waals surface area (Å²) in [5, 5.41) is 3.45. The fraction of sp³-hybridized carbons (Fsp3) is 1.00. The maximum absolute atomic E-state index is 5.97. The van der Waals surface area contributed by atoms with Gasteiger partial charge in [-0.15, -0.1) is 0 Å². The van der Waals surface area contributed by atoms with Crippen LogP contribution >= 0.6 is 0 Å². The minimum Gasteiger partial charge on any atom is -0.374 e. The lowest BCUT2D eigenvalue weighted by Crippen LogP contribution is -2.46. The van der Waals surface area contributed by atoms with Gasteiger partial charge in [-0.2, -0.15) is 0 Å². The summed E-state index contributed by atoms with van der Waals surface area (Å²) < 4.78 is 5.97. The Kier molecular flexibility index (Phi) is 5.26. The minimum absolute atomic E-state index is 0.483. The molecular weight excluding hydrogens is 212 g/mol. The number of nitrogens with zero attached hydrogens (tertiary/aromatic N) is 1. The molecule has 0 aromatic carbocycles. The third-order valence-electron chi connectivity index (χ3n) is 4.09. The number of piperidine rings is 1. The molecule has 3 heteroatoms. The number of nitrogens with one attached hydrogen (secondary N) is 1. The number of ether oxygens (including phenoxy) is 1. The van der Waals surface area contributed by atoms with Crippen molar-refractivity contribution in [3.8, 4) is 0 Å². The van der Waals surface area contributed by atoms with Crippen LogP contribution in [0.25, 0.3) is 0 Å². The highest BCUT2D eigenvalue weighted by Crippen LogP contribution is 2.22. The third kappa shape index (κ3) is 3.94. The molecule has 100 valence electrons. The summed E-state index contributed by atoms with van der Waals surface area (Å²) in [5.74, 6) is 0. The summed E-state index contributed by atoms with van der Waals surface area (Å²) in [6, 6.07) is 0.788. The molecule has 0 saturated carbocycles. The van der Waals surface area contributed by atoms with Crippen molar-refractivity contribution in [2.45, 2.75) is 64.2 Å².